The molecule has 1 aromatic rings. The number of benzene rings is 1. The second-order valence-electron chi connectivity index (χ2n) is 6.54. The Morgan fingerprint density at radius 3 is 2.20 bits per heavy atom. The molecule has 2 saturated carbocycles. The van der Waals surface area contributed by atoms with E-state index in [1.807, 2.05) is 4.90 Å². The molecule has 1 amide bonds. The molecule has 0 unspecified atom stereocenters. The monoisotopic (exact) mass is 270 g/mol. The van der Waals surface area contributed by atoms with Gasteiger partial charge in [0.25, 0.3) is 0 Å². The van der Waals surface area contributed by atoms with Gasteiger partial charge in [-0.1, -0.05) is 0 Å². The summed E-state index contributed by atoms with van der Waals surface area (Å²) in [4.78, 5) is 13.6. The zero-order chi connectivity index (χ0) is 13.5. The second kappa shape index (κ2) is 4.80. The Hall–Kier alpha value is -1.51. The van der Waals surface area contributed by atoms with Crippen LogP contribution in [0.2, 0.25) is 0 Å². The first kappa shape index (κ1) is 12.2. The van der Waals surface area contributed by atoms with Gasteiger partial charge in [-0.3, -0.25) is 4.79 Å². The topological polar surface area (TPSA) is 32.3 Å². The van der Waals surface area contributed by atoms with E-state index in [0.29, 0.717) is 12.5 Å². The highest BCUT2D eigenvalue weighted by Crippen LogP contribution is 2.45. The number of hydrogen-bond donors (Lipinski definition) is 1. The van der Waals surface area contributed by atoms with Gasteiger partial charge in [0, 0.05) is 30.4 Å². The molecule has 3 fully saturated rings. The van der Waals surface area contributed by atoms with Crippen LogP contribution in [-0.4, -0.2) is 18.5 Å². The lowest BCUT2D eigenvalue weighted by Crippen LogP contribution is -2.25. The van der Waals surface area contributed by atoms with Crippen molar-refractivity contribution in [1.29, 1.82) is 0 Å². The molecule has 3 nitrogen and oxygen atoms in total. The highest BCUT2D eigenvalue weighted by molar-refractivity contribution is 5.95. The van der Waals surface area contributed by atoms with Gasteiger partial charge >= 0.3 is 0 Å². The van der Waals surface area contributed by atoms with Crippen LogP contribution >= 0.6 is 0 Å². The fourth-order valence-corrected chi connectivity index (χ4v) is 3.38. The van der Waals surface area contributed by atoms with Crippen molar-refractivity contribution in [1.82, 2.24) is 0 Å². The van der Waals surface area contributed by atoms with Crippen molar-refractivity contribution >= 4 is 17.3 Å². The molecule has 3 heteroatoms. The van der Waals surface area contributed by atoms with E-state index in [9.17, 15) is 4.79 Å². The molecule has 0 radical (unpaired) electrons. The summed E-state index contributed by atoms with van der Waals surface area (Å²) < 4.78 is 0. The second-order valence-corrected chi connectivity index (χ2v) is 6.54. The lowest BCUT2D eigenvalue weighted by Gasteiger charge is -2.20. The number of anilines is 2. The molecule has 1 N–H and O–H groups in total. The molecule has 106 valence electrons. The molecule has 0 bridgehead atoms. The van der Waals surface area contributed by atoms with Gasteiger partial charge in [-0.2, -0.15) is 0 Å². The maximum absolute atomic E-state index is 11.7. The Bertz CT molecular complexity index is 490. The van der Waals surface area contributed by atoms with Crippen LogP contribution < -0.4 is 10.2 Å². The molecular weight excluding hydrogens is 248 g/mol. The molecule has 2 aliphatic carbocycles. The largest absolute Gasteiger partial charge is 0.382 e. The third-order valence-corrected chi connectivity index (χ3v) is 4.85. The van der Waals surface area contributed by atoms with Gasteiger partial charge in [0.15, 0.2) is 0 Å². The van der Waals surface area contributed by atoms with Crippen LogP contribution in [0.1, 0.15) is 38.5 Å². The van der Waals surface area contributed by atoms with Crippen molar-refractivity contribution in [3.8, 4) is 0 Å². The number of rotatable bonds is 5. The molecule has 4 rings (SSSR count). The van der Waals surface area contributed by atoms with Crippen LogP contribution in [0, 0.1) is 11.8 Å². The maximum Gasteiger partial charge on any atom is 0.227 e. The van der Waals surface area contributed by atoms with Gasteiger partial charge in [0.1, 0.15) is 0 Å². The summed E-state index contributed by atoms with van der Waals surface area (Å²) in [5, 5.41) is 3.73. The first-order valence-electron chi connectivity index (χ1n) is 7.98. The van der Waals surface area contributed by atoms with Crippen LogP contribution in [0.25, 0.3) is 0 Å². The van der Waals surface area contributed by atoms with Gasteiger partial charge in [-0.05, 0) is 68.2 Å². The van der Waals surface area contributed by atoms with Crippen molar-refractivity contribution < 1.29 is 4.79 Å². The Morgan fingerprint density at radius 2 is 1.70 bits per heavy atom. The average Bonchev–Trinajstić information content (AvgIpc) is 3.36. The molecule has 1 saturated heterocycles. The summed E-state index contributed by atoms with van der Waals surface area (Å²) in [5.74, 6) is 2.07. The minimum atomic E-state index is 0.263. The van der Waals surface area contributed by atoms with E-state index in [2.05, 4.69) is 29.6 Å². The van der Waals surface area contributed by atoms with Crippen LogP contribution in [0.4, 0.5) is 11.4 Å². The lowest BCUT2D eigenvalue weighted by molar-refractivity contribution is -0.117. The number of nitrogens with one attached hydrogen (secondary N) is 1. The van der Waals surface area contributed by atoms with Crippen LogP contribution in [0.5, 0.6) is 0 Å². The first-order valence-corrected chi connectivity index (χ1v) is 7.98. The summed E-state index contributed by atoms with van der Waals surface area (Å²) in [5.41, 5.74) is 2.26. The third kappa shape index (κ3) is 2.41. The minimum Gasteiger partial charge on any atom is -0.382 e. The molecule has 1 heterocycles. The predicted molar refractivity (Wildman–Crippen MR) is 80.9 cm³/mol. The van der Waals surface area contributed by atoms with Crippen LogP contribution in [0.3, 0.4) is 0 Å². The van der Waals surface area contributed by atoms with Crippen molar-refractivity contribution in [2.24, 2.45) is 11.8 Å². The van der Waals surface area contributed by atoms with E-state index in [0.717, 1.165) is 30.5 Å². The average molecular weight is 270 g/mol. The van der Waals surface area contributed by atoms with Gasteiger partial charge in [-0.15, -0.1) is 0 Å². The quantitative estimate of drug-likeness (QED) is 0.889. The molecule has 1 aromatic carbocycles. The van der Waals surface area contributed by atoms with Crippen molar-refractivity contribution in [2.75, 3.05) is 16.8 Å². The normalized spacial score (nSPS) is 22.6. The predicted octanol–water partition coefficient (Wildman–Crippen LogP) is 3.41. The van der Waals surface area contributed by atoms with Crippen LogP contribution in [0.15, 0.2) is 24.3 Å². The number of carbonyl (C=O) groups excluding carboxylic acids is 1. The van der Waals surface area contributed by atoms with Gasteiger partial charge in [-0.25, -0.2) is 0 Å². The Morgan fingerprint density at radius 1 is 1.05 bits per heavy atom. The van der Waals surface area contributed by atoms with Crippen LogP contribution in [-0.2, 0) is 4.79 Å². The standard InChI is InChI=1S/C17H22N2O/c20-16-2-1-11-19(16)15-9-7-14(8-10-15)18-17(12-3-4-12)13-5-6-13/h7-10,12-13,17-18H,1-6,11H2. The summed E-state index contributed by atoms with van der Waals surface area (Å²) in [6.07, 6.45) is 7.28. The van der Waals surface area contributed by atoms with Crippen molar-refractivity contribution in [3.63, 3.8) is 0 Å². The molecule has 0 spiro atoms. The van der Waals surface area contributed by atoms with Gasteiger partial charge in [0.05, 0.1) is 0 Å². The molecule has 20 heavy (non-hydrogen) atoms. The molecule has 1 aliphatic heterocycles. The van der Waals surface area contributed by atoms with E-state index < -0.39 is 0 Å². The number of hydrogen-bond acceptors (Lipinski definition) is 2. The van der Waals surface area contributed by atoms with E-state index in [1.54, 1.807) is 0 Å². The number of amides is 1. The summed E-state index contributed by atoms with van der Waals surface area (Å²) in [6.45, 7) is 0.873. The van der Waals surface area contributed by atoms with E-state index >= 15 is 0 Å². The number of nitrogens with zero attached hydrogens (tertiary/aromatic N) is 1. The zero-order valence-electron chi connectivity index (χ0n) is 11.8. The van der Waals surface area contributed by atoms with E-state index in [1.165, 1.54) is 31.4 Å². The number of carbonyl (C=O) groups is 1. The highest BCUT2D eigenvalue weighted by atomic mass is 16.2. The minimum absolute atomic E-state index is 0.263. The maximum atomic E-state index is 11.7. The Balaban J connectivity index is 1.45. The third-order valence-electron chi connectivity index (χ3n) is 4.85. The van der Waals surface area contributed by atoms with Gasteiger partial charge < -0.3 is 10.2 Å². The Kier molecular flexibility index (Phi) is 2.94. The summed E-state index contributed by atoms with van der Waals surface area (Å²) in [6, 6.07) is 9.14. The lowest BCUT2D eigenvalue weighted by atomic mass is 10.1. The molecular formula is C17H22N2O. The Labute approximate surface area is 120 Å². The molecule has 0 aromatic heterocycles. The van der Waals surface area contributed by atoms with E-state index in [-0.39, 0.29) is 5.91 Å². The SMILES string of the molecule is O=C1CCCN1c1ccc(NC(C2CC2)C2CC2)cc1. The zero-order valence-corrected chi connectivity index (χ0v) is 11.8. The summed E-state index contributed by atoms with van der Waals surface area (Å²) in [7, 11) is 0. The fraction of sp³-hybridized carbons (Fsp3) is 0.588. The summed E-state index contributed by atoms with van der Waals surface area (Å²) >= 11 is 0. The van der Waals surface area contributed by atoms with Gasteiger partial charge in [0.2, 0.25) is 5.91 Å². The van der Waals surface area contributed by atoms with Crippen molar-refractivity contribution in [2.45, 2.75) is 44.6 Å². The highest BCUT2D eigenvalue weighted by Gasteiger charge is 2.41. The smallest absolute Gasteiger partial charge is 0.227 e. The molecule has 3 aliphatic rings. The van der Waals surface area contributed by atoms with Crippen molar-refractivity contribution in [3.05, 3.63) is 24.3 Å². The van der Waals surface area contributed by atoms with E-state index in [4.69, 9.17) is 0 Å². The first-order chi connectivity index (χ1) is 9.81. The molecule has 0 atom stereocenters. The fourth-order valence-electron chi connectivity index (χ4n) is 3.38.